The summed E-state index contributed by atoms with van der Waals surface area (Å²) in [5, 5.41) is 0.384. The summed E-state index contributed by atoms with van der Waals surface area (Å²) in [7, 11) is 0. The summed E-state index contributed by atoms with van der Waals surface area (Å²) < 4.78 is 19.3. The van der Waals surface area contributed by atoms with Crippen LogP contribution in [0.2, 0.25) is 5.02 Å². The molecule has 0 saturated heterocycles. The molecular weight excluding hydrogens is 339 g/mol. The first-order chi connectivity index (χ1) is 11.8. The zero-order chi connectivity index (χ0) is 17.8. The standard InChI is InChI=1S/C20H20ClFN2O/c1-19(2)6-5-12-3-4-13(14-7-15(21)10-16(22)8-14)9-17(12)20(19)11-25-18(23)24-20/h3-4,7-10H,5-6,11H2,1-2H3,(H2,23,24). The molecule has 0 fully saturated rings. The summed E-state index contributed by atoms with van der Waals surface area (Å²) in [6, 6.07) is 11.0. The molecule has 1 aliphatic carbocycles. The minimum atomic E-state index is -0.502. The molecule has 130 valence electrons. The van der Waals surface area contributed by atoms with E-state index in [1.54, 1.807) is 6.07 Å². The van der Waals surface area contributed by atoms with Gasteiger partial charge in [0.1, 0.15) is 18.0 Å². The van der Waals surface area contributed by atoms with Gasteiger partial charge in [0.15, 0.2) is 0 Å². The van der Waals surface area contributed by atoms with Gasteiger partial charge in [-0.2, -0.15) is 0 Å². The van der Waals surface area contributed by atoms with Gasteiger partial charge in [-0.3, -0.25) is 0 Å². The minimum Gasteiger partial charge on any atom is -0.462 e. The number of nitrogens with two attached hydrogens (primary N) is 1. The van der Waals surface area contributed by atoms with Gasteiger partial charge in [0.2, 0.25) is 0 Å². The quantitative estimate of drug-likeness (QED) is 0.806. The van der Waals surface area contributed by atoms with E-state index in [9.17, 15) is 4.39 Å². The monoisotopic (exact) mass is 358 g/mol. The van der Waals surface area contributed by atoms with Crippen molar-refractivity contribution in [3.63, 3.8) is 0 Å². The highest BCUT2D eigenvalue weighted by Gasteiger charge is 2.53. The zero-order valence-corrected chi connectivity index (χ0v) is 15.0. The molecule has 2 aromatic rings. The fourth-order valence-electron chi connectivity index (χ4n) is 4.01. The first-order valence-corrected chi connectivity index (χ1v) is 8.77. The van der Waals surface area contributed by atoms with E-state index in [-0.39, 0.29) is 17.3 Å². The Morgan fingerprint density at radius 3 is 2.64 bits per heavy atom. The molecule has 0 amide bonds. The molecule has 3 nitrogen and oxygen atoms in total. The van der Waals surface area contributed by atoms with Crippen LogP contribution in [0.25, 0.3) is 11.1 Å². The largest absolute Gasteiger partial charge is 0.462 e. The highest BCUT2D eigenvalue weighted by Crippen LogP contribution is 2.53. The van der Waals surface area contributed by atoms with Crippen molar-refractivity contribution in [2.45, 2.75) is 32.2 Å². The Bertz CT molecular complexity index is 873. The van der Waals surface area contributed by atoms with Gasteiger partial charge in [-0.15, -0.1) is 0 Å². The lowest BCUT2D eigenvalue weighted by Gasteiger charge is -2.45. The maximum Gasteiger partial charge on any atom is 0.283 e. The molecule has 5 heteroatoms. The zero-order valence-electron chi connectivity index (χ0n) is 14.3. The van der Waals surface area contributed by atoms with Crippen LogP contribution in [0.5, 0.6) is 0 Å². The molecular formula is C20H20ClFN2O. The maximum absolute atomic E-state index is 13.8. The average Bonchev–Trinajstić information content (AvgIpc) is 2.94. The highest BCUT2D eigenvalue weighted by molar-refractivity contribution is 6.30. The first-order valence-electron chi connectivity index (χ1n) is 8.39. The molecule has 2 aliphatic rings. The summed E-state index contributed by atoms with van der Waals surface area (Å²) in [6.45, 7) is 4.84. The van der Waals surface area contributed by atoms with Crippen LogP contribution in [-0.4, -0.2) is 12.6 Å². The Balaban J connectivity index is 1.91. The van der Waals surface area contributed by atoms with Gasteiger partial charge in [0.05, 0.1) is 0 Å². The Kier molecular flexibility index (Phi) is 3.58. The Hall–Kier alpha value is -2.07. The van der Waals surface area contributed by atoms with E-state index in [4.69, 9.17) is 27.1 Å². The van der Waals surface area contributed by atoms with Gasteiger partial charge in [0, 0.05) is 5.02 Å². The van der Waals surface area contributed by atoms with Crippen LogP contribution < -0.4 is 5.73 Å². The number of rotatable bonds is 1. The third-order valence-corrected chi connectivity index (χ3v) is 5.84. The van der Waals surface area contributed by atoms with Crippen molar-refractivity contribution in [1.82, 2.24) is 0 Å². The van der Waals surface area contributed by atoms with Gasteiger partial charge in [-0.1, -0.05) is 37.6 Å². The molecule has 0 radical (unpaired) electrons. The van der Waals surface area contributed by atoms with Crippen molar-refractivity contribution >= 4 is 17.6 Å². The summed E-state index contributed by atoms with van der Waals surface area (Å²) in [5.41, 5.74) is 9.30. The maximum atomic E-state index is 13.8. The lowest BCUT2D eigenvalue weighted by Crippen LogP contribution is -2.45. The normalized spacial score (nSPS) is 23.9. The van der Waals surface area contributed by atoms with E-state index >= 15 is 0 Å². The number of nitrogens with zero attached hydrogens (tertiary/aromatic N) is 1. The molecule has 2 aromatic carbocycles. The summed E-state index contributed by atoms with van der Waals surface area (Å²) in [6.07, 6.45) is 1.98. The van der Waals surface area contributed by atoms with E-state index in [2.05, 4.69) is 26.0 Å². The van der Waals surface area contributed by atoms with Crippen molar-refractivity contribution in [3.05, 3.63) is 58.4 Å². The fourth-order valence-corrected chi connectivity index (χ4v) is 4.24. The lowest BCUT2D eigenvalue weighted by atomic mass is 9.61. The van der Waals surface area contributed by atoms with Crippen molar-refractivity contribution in [1.29, 1.82) is 0 Å². The second-order valence-corrected chi connectivity index (χ2v) is 7.95. The number of aliphatic imine (C=N–C) groups is 1. The van der Waals surface area contributed by atoms with Gasteiger partial charge in [0.25, 0.3) is 6.02 Å². The molecule has 2 N–H and O–H groups in total. The predicted molar refractivity (Wildman–Crippen MR) is 98.2 cm³/mol. The molecule has 0 saturated carbocycles. The number of benzene rings is 2. The lowest BCUT2D eigenvalue weighted by molar-refractivity contribution is 0.0990. The van der Waals surface area contributed by atoms with Gasteiger partial charge >= 0.3 is 0 Å². The topological polar surface area (TPSA) is 47.6 Å². The van der Waals surface area contributed by atoms with Crippen LogP contribution >= 0.6 is 11.6 Å². The van der Waals surface area contributed by atoms with Gasteiger partial charge in [-0.25, -0.2) is 9.38 Å². The summed E-state index contributed by atoms with van der Waals surface area (Å²) in [5.74, 6) is -0.346. The van der Waals surface area contributed by atoms with E-state index in [1.807, 2.05) is 6.07 Å². The van der Waals surface area contributed by atoms with E-state index < -0.39 is 5.54 Å². The number of hydrogen-bond acceptors (Lipinski definition) is 3. The molecule has 25 heavy (non-hydrogen) atoms. The smallest absolute Gasteiger partial charge is 0.283 e. The Labute approximate surface area is 151 Å². The van der Waals surface area contributed by atoms with Crippen molar-refractivity contribution in [3.8, 4) is 11.1 Å². The SMILES string of the molecule is CC1(C)CCc2ccc(-c3cc(F)cc(Cl)c3)cc2C12COC(N)=N2. The van der Waals surface area contributed by atoms with E-state index in [1.165, 1.54) is 17.7 Å². The number of aryl methyl sites for hydroxylation is 1. The molecule has 1 heterocycles. The Morgan fingerprint density at radius 1 is 1.16 bits per heavy atom. The second kappa shape index (κ2) is 5.46. The number of hydrogen-bond donors (Lipinski definition) is 1. The average molecular weight is 359 g/mol. The van der Waals surface area contributed by atoms with Crippen molar-refractivity contribution in [2.24, 2.45) is 16.1 Å². The number of fused-ring (bicyclic) bond motifs is 2. The van der Waals surface area contributed by atoms with Crippen LogP contribution in [0.1, 0.15) is 31.4 Å². The predicted octanol–water partition coefficient (Wildman–Crippen LogP) is 4.66. The molecule has 1 spiro atoms. The molecule has 4 rings (SSSR count). The van der Waals surface area contributed by atoms with Crippen LogP contribution in [0, 0.1) is 11.2 Å². The first kappa shape index (κ1) is 16.4. The summed E-state index contributed by atoms with van der Waals surface area (Å²) >= 11 is 6.03. The van der Waals surface area contributed by atoms with E-state index in [0.717, 1.165) is 29.5 Å². The van der Waals surface area contributed by atoms with E-state index in [0.29, 0.717) is 11.6 Å². The van der Waals surface area contributed by atoms with Crippen LogP contribution in [0.15, 0.2) is 41.4 Å². The number of ether oxygens (including phenoxy) is 1. The van der Waals surface area contributed by atoms with Gasteiger partial charge in [-0.05, 0) is 64.8 Å². The second-order valence-electron chi connectivity index (χ2n) is 7.51. The van der Waals surface area contributed by atoms with Crippen LogP contribution in [-0.2, 0) is 16.7 Å². The van der Waals surface area contributed by atoms with Crippen molar-refractivity contribution in [2.75, 3.05) is 6.61 Å². The third-order valence-electron chi connectivity index (χ3n) is 5.62. The van der Waals surface area contributed by atoms with Gasteiger partial charge < -0.3 is 10.5 Å². The molecule has 0 aromatic heterocycles. The Morgan fingerprint density at radius 2 is 1.96 bits per heavy atom. The number of amidine groups is 1. The third kappa shape index (κ3) is 2.51. The van der Waals surface area contributed by atoms with Crippen LogP contribution in [0.3, 0.4) is 0 Å². The summed E-state index contributed by atoms with van der Waals surface area (Å²) in [4.78, 5) is 4.72. The molecule has 0 bridgehead atoms. The fraction of sp³-hybridized carbons (Fsp3) is 0.350. The molecule has 1 atom stereocenters. The van der Waals surface area contributed by atoms with Crippen LogP contribution in [0.4, 0.5) is 4.39 Å². The number of halogens is 2. The molecule has 1 unspecified atom stereocenters. The highest BCUT2D eigenvalue weighted by atomic mass is 35.5. The van der Waals surface area contributed by atoms with Crippen molar-refractivity contribution < 1.29 is 9.13 Å². The minimum absolute atomic E-state index is 0.0840. The molecule has 1 aliphatic heterocycles.